The van der Waals surface area contributed by atoms with E-state index in [-0.39, 0.29) is 11.1 Å². The van der Waals surface area contributed by atoms with Crippen molar-refractivity contribution in [3.05, 3.63) is 114 Å². The molecule has 2 aromatic carbocycles. The Morgan fingerprint density at radius 2 is 1.65 bits per heavy atom. The molecule has 0 N–H and O–H groups in total. The molecule has 3 aromatic heterocycles. The van der Waals surface area contributed by atoms with Crippen LogP contribution in [0.5, 0.6) is 0 Å². The number of para-hydroxylation sites is 1. The average Bonchev–Trinajstić information content (AvgIpc) is 3.33. The first kappa shape index (κ1) is 27.1. The first-order valence-corrected chi connectivity index (χ1v) is 13.3. The van der Waals surface area contributed by atoms with Crippen LogP contribution < -0.4 is 11.2 Å². The Morgan fingerprint density at radius 1 is 0.950 bits per heavy atom. The maximum Gasteiger partial charge on any atom is 0.351 e. The van der Waals surface area contributed by atoms with E-state index in [4.69, 9.17) is 9.15 Å². The van der Waals surface area contributed by atoms with E-state index in [9.17, 15) is 19.2 Å². The van der Waals surface area contributed by atoms with Gasteiger partial charge in [-0.1, -0.05) is 34.1 Å². The van der Waals surface area contributed by atoms with Crippen molar-refractivity contribution in [2.45, 2.75) is 27.7 Å². The molecule has 0 bridgehead atoms. The van der Waals surface area contributed by atoms with Crippen molar-refractivity contribution in [3.8, 4) is 11.4 Å². The van der Waals surface area contributed by atoms with E-state index in [1.807, 2.05) is 37.3 Å². The molecule has 0 unspecified atom stereocenters. The highest BCUT2D eigenvalue weighted by molar-refractivity contribution is 9.10. The summed E-state index contributed by atoms with van der Waals surface area (Å²) in [5.74, 6) is -1.41. The van der Waals surface area contributed by atoms with Crippen LogP contribution in [0.4, 0.5) is 0 Å². The quantitative estimate of drug-likeness (QED) is 0.152. The number of benzene rings is 2. The van der Waals surface area contributed by atoms with Gasteiger partial charge in [0, 0.05) is 33.9 Å². The summed E-state index contributed by atoms with van der Waals surface area (Å²) < 4.78 is 16.4. The minimum absolute atomic E-state index is 0.233. The van der Waals surface area contributed by atoms with Crippen molar-refractivity contribution in [1.82, 2.24) is 13.9 Å². The second-order valence-electron chi connectivity index (χ2n) is 9.56. The lowest BCUT2D eigenvalue weighted by atomic mass is 10.1. The van der Waals surface area contributed by atoms with Gasteiger partial charge in [-0.3, -0.25) is 14.3 Å². The second kappa shape index (κ2) is 10.3. The summed E-state index contributed by atoms with van der Waals surface area (Å²) in [5, 5.41) is 0.579. The molecule has 0 atom stereocenters. The van der Waals surface area contributed by atoms with Gasteiger partial charge in [-0.25, -0.2) is 14.3 Å². The summed E-state index contributed by atoms with van der Waals surface area (Å²) in [4.78, 5) is 52.2. The highest BCUT2D eigenvalue weighted by Gasteiger charge is 2.25. The van der Waals surface area contributed by atoms with E-state index in [2.05, 4.69) is 15.9 Å². The molecule has 10 heteroatoms. The number of fused-ring (bicyclic) bond motifs is 1. The van der Waals surface area contributed by atoms with Gasteiger partial charge < -0.3 is 13.7 Å². The van der Waals surface area contributed by atoms with Crippen LogP contribution in [-0.2, 0) is 11.8 Å². The summed E-state index contributed by atoms with van der Waals surface area (Å²) in [5.41, 5.74) is 2.79. The van der Waals surface area contributed by atoms with Crippen molar-refractivity contribution in [3.63, 3.8) is 0 Å². The van der Waals surface area contributed by atoms with Crippen molar-refractivity contribution >= 4 is 38.7 Å². The maximum absolute atomic E-state index is 13.6. The Labute approximate surface area is 237 Å². The Hall–Kier alpha value is -4.44. The first-order valence-electron chi connectivity index (χ1n) is 12.5. The van der Waals surface area contributed by atoms with Crippen LogP contribution >= 0.6 is 15.9 Å². The van der Waals surface area contributed by atoms with Gasteiger partial charge in [-0.05, 0) is 69.7 Å². The topological polar surface area (TPSA) is 105 Å². The van der Waals surface area contributed by atoms with E-state index >= 15 is 0 Å². The van der Waals surface area contributed by atoms with Crippen LogP contribution in [0, 0.1) is 27.7 Å². The van der Waals surface area contributed by atoms with Gasteiger partial charge in [-0.15, -0.1) is 0 Å². The van der Waals surface area contributed by atoms with E-state index in [0.717, 1.165) is 10.2 Å². The third-order valence-electron chi connectivity index (χ3n) is 7.14. The van der Waals surface area contributed by atoms with Crippen LogP contribution in [0.15, 0.2) is 73.1 Å². The van der Waals surface area contributed by atoms with Crippen LogP contribution in [0.25, 0.3) is 22.3 Å². The lowest BCUT2D eigenvalue weighted by Gasteiger charge is -2.09. The molecule has 0 saturated heterocycles. The summed E-state index contributed by atoms with van der Waals surface area (Å²) in [6.07, 6.45) is 0. The maximum atomic E-state index is 13.6. The van der Waals surface area contributed by atoms with Gasteiger partial charge in [0.2, 0.25) is 5.78 Å². The number of esters is 1. The molecule has 0 fully saturated rings. The van der Waals surface area contributed by atoms with Gasteiger partial charge in [0.1, 0.15) is 16.8 Å². The fourth-order valence-corrected chi connectivity index (χ4v) is 5.40. The minimum atomic E-state index is -0.945. The van der Waals surface area contributed by atoms with E-state index < -0.39 is 24.0 Å². The smallest absolute Gasteiger partial charge is 0.351 e. The summed E-state index contributed by atoms with van der Waals surface area (Å²) in [6.45, 7) is 6.42. The van der Waals surface area contributed by atoms with Crippen LogP contribution in [0.3, 0.4) is 0 Å². The van der Waals surface area contributed by atoms with Crippen molar-refractivity contribution in [2.75, 3.05) is 6.61 Å². The Balaban J connectivity index is 1.45. The standard InChI is InChI=1S/C30H26BrN3O6/c1-16-13-23(18(3)33(16)27-19(4)32(5)34(28(27)36)21-9-7-6-8-10-21)24(35)15-39-29(37)26-17(2)22-14-20(31)11-12-25(22)40-30(26)38/h6-14H,15H2,1-5H3. The molecule has 5 aromatic rings. The SMILES string of the molecule is Cc1c(C(=O)OCC(=O)c2cc(C)n(-c3c(C)n(C)n(-c4ccccc4)c3=O)c2C)c(=O)oc2ccc(Br)cc12. The molecule has 5 rings (SSSR count). The Morgan fingerprint density at radius 3 is 2.35 bits per heavy atom. The normalized spacial score (nSPS) is 11.2. The van der Waals surface area contributed by atoms with Crippen molar-refractivity contribution in [1.29, 1.82) is 0 Å². The molecule has 0 aliphatic heterocycles. The van der Waals surface area contributed by atoms with Crippen molar-refractivity contribution in [2.24, 2.45) is 7.05 Å². The third kappa shape index (κ3) is 4.44. The zero-order valence-electron chi connectivity index (χ0n) is 22.6. The van der Waals surface area contributed by atoms with Gasteiger partial charge in [-0.2, -0.15) is 0 Å². The number of hydrogen-bond donors (Lipinski definition) is 0. The molecular formula is C30H26BrN3O6. The number of Topliss-reactive ketones (excluding diaryl/α,β-unsaturated/α-hetero) is 1. The van der Waals surface area contributed by atoms with Gasteiger partial charge in [0.25, 0.3) is 5.56 Å². The number of ketones is 1. The predicted molar refractivity (Wildman–Crippen MR) is 154 cm³/mol. The fraction of sp³-hybridized carbons (Fsp3) is 0.200. The highest BCUT2D eigenvalue weighted by Crippen LogP contribution is 2.25. The molecule has 0 aliphatic carbocycles. The lowest BCUT2D eigenvalue weighted by molar-refractivity contribution is 0.0469. The van der Waals surface area contributed by atoms with Gasteiger partial charge in [0.15, 0.2) is 6.61 Å². The summed E-state index contributed by atoms with van der Waals surface area (Å²) in [7, 11) is 1.80. The van der Waals surface area contributed by atoms with E-state index in [0.29, 0.717) is 44.9 Å². The number of halogens is 1. The molecule has 204 valence electrons. The van der Waals surface area contributed by atoms with E-state index in [1.165, 1.54) is 0 Å². The van der Waals surface area contributed by atoms with Crippen LogP contribution in [0.2, 0.25) is 0 Å². The molecule has 0 radical (unpaired) electrons. The van der Waals surface area contributed by atoms with Crippen LogP contribution in [-0.4, -0.2) is 32.3 Å². The molecule has 3 heterocycles. The Kier molecular flexibility index (Phi) is 6.97. The number of ether oxygens (including phenoxy) is 1. The number of aromatic nitrogens is 3. The Bertz CT molecular complexity index is 1940. The lowest BCUT2D eigenvalue weighted by Crippen LogP contribution is -2.22. The van der Waals surface area contributed by atoms with Gasteiger partial charge >= 0.3 is 11.6 Å². The molecule has 0 saturated carbocycles. The number of rotatable bonds is 6. The molecule has 9 nitrogen and oxygen atoms in total. The minimum Gasteiger partial charge on any atom is -0.453 e. The van der Waals surface area contributed by atoms with Crippen molar-refractivity contribution < 1.29 is 18.7 Å². The molecule has 0 aliphatic rings. The molecule has 40 heavy (non-hydrogen) atoms. The number of nitrogens with zero attached hydrogens (tertiary/aromatic N) is 3. The zero-order chi connectivity index (χ0) is 28.9. The molecule has 0 spiro atoms. The average molecular weight is 604 g/mol. The largest absolute Gasteiger partial charge is 0.453 e. The monoisotopic (exact) mass is 603 g/mol. The number of aryl methyl sites for hydroxylation is 2. The fourth-order valence-electron chi connectivity index (χ4n) is 5.04. The molecule has 0 amide bonds. The second-order valence-corrected chi connectivity index (χ2v) is 10.5. The first-order chi connectivity index (χ1) is 19.0. The summed E-state index contributed by atoms with van der Waals surface area (Å²) >= 11 is 3.37. The van der Waals surface area contributed by atoms with E-state index in [1.54, 1.807) is 66.0 Å². The third-order valence-corrected chi connectivity index (χ3v) is 7.64. The van der Waals surface area contributed by atoms with Gasteiger partial charge in [0.05, 0.1) is 11.4 Å². The van der Waals surface area contributed by atoms with Crippen LogP contribution in [0.1, 0.15) is 43.4 Å². The predicted octanol–water partition coefficient (Wildman–Crippen LogP) is 5.11. The zero-order valence-corrected chi connectivity index (χ0v) is 24.2. The number of hydrogen-bond acceptors (Lipinski definition) is 6. The molecular weight excluding hydrogens is 578 g/mol. The highest BCUT2D eigenvalue weighted by atomic mass is 79.9. The number of carbonyl (C=O) groups excluding carboxylic acids is 2. The number of carbonyl (C=O) groups is 2. The summed E-state index contributed by atoms with van der Waals surface area (Å²) in [6, 6.07) is 16.0.